The van der Waals surface area contributed by atoms with Gasteiger partial charge in [-0.15, -0.1) is 22.7 Å². The van der Waals surface area contributed by atoms with Crippen LogP contribution in [0.1, 0.15) is 33.2 Å². The van der Waals surface area contributed by atoms with Crippen LogP contribution in [0.15, 0.2) is 35.0 Å². The quantitative estimate of drug-likeness (QED) is 0.846. The van der Waals surface area contributed by atoms with Gasteiger partial charge in [0.1, 0.15) is 0 Å². The highest BCUT2D eigenvalue weighted by Gasteiger charge is 2.35. The van der Waals surface area contributed by atoms with Crippen LogP contribution in [0.25, 0.3) is 0 Å². The van der Waals surface area contributed by atoms with E-state index in [2.05, 4.69) is 0 Å². The van der Waals surface area contributed by atoms with Gasteiger partial charge < -0.3 is 9.80 Å². The van der Waals surface area contributed by atoms with E-state index in [4.69, 9.17) is 0 Å². The van der Waals surface area contributed by atoms with Gasteiger partial charge in [-0.3, -0.25) is 9.59 Å². The van der Waals surface area contributed by atoms with Gasteiger partial charge in [0.05, 0.1) is 9.75 Å². The van der Waals surface area contributed by atoms with Crippen LogP contribution in [0.5, 0.6) is 0 Å². The van der Waals surface area contributed by atoms with Crippen molar-refractivity contribution in [2.24, 2.45) is 0 Å². The van der Waals surface area contributed by atoms with Gasteiger partial charge in [-0.2, -0.15) is 0 Å². The van der Waals surface area contributed by atoms with Gasteiger partial charge in [0.25, 0.3) is 11.8 Å². The molecule has 0 aliphatic carbocycles. The van der Waals surface area contributed by atoms with Crippen molar-refractivity contribution in [1.29, 1.82) is 0 Å². The van der Waals surface area contributed by atoms with Gasteiger partial charge in [0, 0.05) is 25.2 Å². The summed E-state index contributed by atoms with van der Waals surface area (Å²) in [6.45, 7) is 5.17. The first kappa shape index (κ1) is 15.2. The summed E-state index contributed by atoms with van der Waals surface area (Å²) in [5.74, 6) is 0.134. The van der Waals surface area contributed by atoms with E-state index in [0.717, 1.165) is 9.75 Å². The Morgan fingerprint density at radius 1 is 0.909 bits per heavy atom. The number of amides is 2. The molecule has 116 valence electrons. The molecular formula is C16H18N2O2S2. The Morgan fingerprint density at radius 3 is 1.64 bits per heavy atom. The van der Waals surface area contributed by atoms with Crippen LogP contribution in [-0.2, 0) is 0 Å². The Balaban J connectivity index is 1.74. The van der Waals surface area contributed by atoms with Crippen molar-refractivity contribution in [3.8, 4) is 0 Å². The molecular weight excluding hydrogens is 316 g/mol. The average molecular weight is 334 g/mol. The summed E-state index contributed by atoms with van der Waals surface area (Å²) in [6.07, 6.45) is 0. The van der Waals surface area contributed by atoms with E-state index in [1.54, 1.807) is 0 Å². The highest BCUT2D eigenvalue weighted by Crippen LogP contribution is 2.23. The number of carbonyl (C=O) groups is 2. The van der Waals surface area contributed by atoms with Gasteiger partial charge in [0.2, 0.25) is 0 Å². The van der Waals surface area contributed by atoms with Crippen molar-refractivity contribution in [2.45, 2.75) is 25.9 Å². The van der Waals surface area contributed by atoms with Crippen LogP contribution in [0.2, 0.25) is 0 Å². The standard InChI is InChI=1S/C16H18N2O2S2/c1-11-9-18(16(20)14-6-4-8-22-14)12(2)10-17(11)15(19)13-5-3-7-21-13/h3-8,11-12H,9-10H2,1-2H3/t11-,12-/m0/s1. The lowest BCUT2D eigenvalue weighted by Gasteiger charge is -2.43. The van der Waals surface area contributed by atoms with Gasteiger partial charge in [-0.25, -0.2) is 0 Å². The molecule has 2 aromatic rings. The second-order valence-electron chi connectivity index (χ2n) is 5.57. The molecule has 3 heterocycles. The molecule has 2 amide bonds. The third-order valence-corrected chi connectivity index (χ3v) is 5.69. The van der Waals surface area contributed by atoms with Gasteiger partial charge in [-0.1, -0.05) is 12.1 Å². The van der Waals surface area contributed by atoms with Crippen molar-refractivity contribution < 1.29 is 9.59 Å². The largest absolute Gasteiger partial charge is 0.331 e. The minimum absolute atomic E-state index is 0.0229. The summed E-state index contributed by atoms with van der Waals surface area (Å²) >= 11 is 2.93. The highest BCUT2D eigenvalue weighted by molar-refractivity contribution is 7.12. The molecule has 1 fully saturated rings. The Morgan fingerprint density at radius 2 is 1.32 bits per heavy atom. The third-order valence-electron chi connectivity index (χ3n) is 3.97. The molecule has 1 aliphatic heterocycles. The Bertz CT molecular complexity index is 594. The molecule has 2 aromatic heterocycles. The number of thiophene rings is 2. The van der Waals surface area contributed by atoms with Crippen molar-refractivity contribution in [3.05, 3.63) is 44.8 Å². The SMILES string of the molecule is C[C@H]1CN(C(=O)c2cccs2)[C@@H](C)CN1C(=O)c1cccs1. The summed E-state index contributed by atoms with van der Waals surface area (Å²) < 4.78 is 0. The van der Waals surface area contributed by atoms with Crippen molar-refractivity contribution >= 4 is 34.5 Å². The average Bonchev–Trinajstić information content (AvgIpc) is 3.20. The second kappa shape index (κ2) is 6.22. The van der Waals surface area contributed by atoms with Crippen LogP contribution in [0.3, 0.4) is 0 Å². The summed E-state index contributed by atoms with van der Waals surface area (Å²) in [4.78, 5) is 30.4. The lowest BCUT2D eigenvalue weighted by molar-refractivity contribution is 0.0275. The lowest BCUT2D eigenvalue weighted by atomic mass is 10.1. The highest BCUT2D eigenvalue weighted by atomic mass is 32.1. The lowest BCUT2D eigenvalue weighted by Crippen LogP contribution is -2.59. The number of rotatable bonds is 2. The minimum atomic E-state index is 0.0229. The predicted octanol–water partition coefficient (Wildman–Crippen LogP) is 3.18. The van der Waals surface area contributed by atoms with Crippen LogP contribution in [0, 0.1) is 0 Å². The van der Waals surface area contributed by atoms with Crippen LogP contribution < -0.4 is 0 Å². The fraction of sp³-hybridized carbons (Fsp3) is 0.375. The predicted molar refractivity (Wildman–Crippen MR) is 89.6 cm³/mol. The van der Waals surface area contributed by atoms with E-state index >= 15 is 0 Å². The zero-order chi connectivity index (χ0) is 15.7. The van der Waals surface area contributed by atoms with E-state index in [-0.39, 0.29) is 23.9 Å². The maximum atomic E-state index is 12.6. The molecule has 1 saturated heterocycles. The molecule has 6 heteroatoms. The van der Waals surface area contributed by atoms with Gasteiger partial charge in [0.15, 0.2) is 0 Å². The first-order valence-electron chi connectivity index (χ1n) is 7.27. The van der Waals surface area contributed by atoms with Crippen LogP contribution >= 0.6 is 22.7 Å². The zero-order valence-electron chi connectivity index (χ0n) is 12.6. The number of carbonyl (C=O) groups excluding carboxylic acids is 2. The van der Waals surface area contributed by atoms with Crippen molar-refractivity contribution in [2.75, 3.05) is 13.1 Å². The van der Waals surface area contributed by atoms with E-state index in [9.17, 15) is 9.59 Å². The summed E-state index contributed by atoms with van der Waals surface area (Å²) in [7, 11) is 0. The monoisotopic (exact) mass is 334 g/mol. The second-order valence-corrected chi connectivity index (χ2v) is 7.46. The zero-order valence-corrected chi connectivity index (χ0v) is 14.2. The Labute approximate surface area is 138 Å². The normalized spacial score (nSPS) is 21.9. The van der Waals surface area contributed by atoms with Gasteiger partial charge >= 0.3 is 0 Å². The third kappa shape index (κ3) is 2.80. The molecule has 0 spiro atoms. The van der Waals surface area contributed by atoms with Crippen molar-refractivity contribution in [3.63, 3.8) is 0 Å². The maximum Gasteiger partial charge on any atom is 0.264 e. The Kier molecular flexibility index (Phi) is 4.31. The first-order valence-corrected chi connectivity index (χ1v) is 9.03. The smallest absolute Gasteiger partial charge is 0.264 e. The molecule has 4 nitrogen and oxygen atoms in total. The fourth-order valence-corrected chi connectivity index (χ4v) is 4.13. The molecule has 0 saturated carbocycles. The molecule has 0 unspecified atom stereocenters. The number of piperazine rings is 1. The van der Waals surface area contributed by atoms with Crippen LogP contribution in [0.4, 0.5) is 0 Å². The molecule has 1 aliphatic rings. The number of nitrogens with zero attached hydrogens (tertiary/aromatic N) is 2. The summed E-state index contributed by atoms with van der Waals surface area (Å²) in [6, 6.07) is 7.54. The molecule has 3 rings (SSSR count). The maximum absolute atomic E-state index is 12.6. The van der Waals surface area contributed by atoms with E-state index in [1.807, 2.05) is 58.7 Å². The van der Waals surface area contributed by atoms with E-state index in [0.29, 0.717) is 13.1 Å². The number of hydrogen-bond donors (Lipinski definition) is 0. The minimum Gasteiger partial charge on any atom is -0.331 e. The first-order chi connectivity index (χ1) is 10.6. The fourth-order valence-electron chi connectivity index (χ4n) is 2.78. The topological polar surface area (TPSA) is 40.6 Å². The molecule has 0 N–H and O–H groups in total. The molecule has 0 radical (unpaired) electrons. The van der Waals surface area contributed by atoms with Gasteiger partial charge in [-0.05, 0) is 36.7 Å². The van der Waals surface area contributed by atoms with Crippen molar-refractivity contribution in [1.82, 2.24) is 9.80 Å². The molecule has 0 aromatic carbocycles. The summed E-state index contributed by atoms with van der Waals surface area (Å²) in [5, 5.41) is 3.83. The Hall–Kier alpha value is -1.66. The molecule has 2 atom stereocenters. The van der Waals surface area contributed by atoms with Crippen LogP contribution in [-0.4, -0.2) is 46.8 Å². The van der Waals surface area contributed by atoms with E-state index < -0.39 is 0 Å². The number of hydrogen-bond acceptors (Lipinski definition) is 4. The summed E-state index contributed by atoms with van der Waals surface area (Å²) in [5.41, 5.74) is 0. The molecule has 22 heavy (non-hydrogen) atoms. The van der Waals surface area contributed by atoms with E-state index in [1.165, 1.54) is 22.7 Å². The molecule has 0 bridgehead atoms.